The molecule has 0 aliphatic carbocycles. The number of benzene rings is 2. The number of thioether (sulfide) groups is 1. The Balaban J connectivity index is 1.63. The Hall–Kier alpha value is -3.65. The van der Waals surface area contributed by atoms with Gasteiger partial charge in [-0.2, -0.15) is 5.10 Å². The van der Waals surface area contributed by atoms with Crippen molar-refractivity contribution in [1.29, 1.82) is 0 Å². The molecule has 7 nitrogen and oxygen atoms in total. The van der Waals surface area contributed by atoms with Crippen molar-refractivity contribution in [2.75, 3.05) is 25.2 Å². The fourth-order valence-corrected chi connectivity index (χ4v) is 4.20. The summed E-state index contributed by atoms with van der Waals surface area (Å²) in [4.78, 5) is 33.3. The zero-order chi connectivity index (χ0) is 23.4. The predicted molar refractivity (Wildman–Crippen MR) is 132 cm³/mol. The normalized spacial score (nSPS) is 10.9. The molecule has 0 atom stereocenters. The first-order valence-corrected chi connectivity index (χ1v) is 11.8. The van der Waals surface area contributed by atoms with E-state index in [-0.39, 0.29) is 18.4 Å². The zero-order valence-corrected chi connectivity index (χ0v) is 19.6. The Kier molecular flexibility index (Phi) is 6.74. The van der Waals surface area contributed by atoms with Crippen LogP contribution in [0.15, 0.2) is 71.8 Å². The van der Waals surface area contributed by atoms with Crippen molar-refractivity contribution in [1.82, 2.24) is 19.7 Å². The zero-order valence-electron chi connectivity index (χ0n) is 18.8. The lowest BCUT2D eigenvalue weighted by molar-refractivity contribution is -0.116. The fraction of sp³-hybridized carbons (Fsp3) is 0.200. The Morgan fingerprint density at radius 3 is 2.55 bits per heavy atom. The molecule has 2 heterocycles. The van der Waals surface area contributed by atoms with Crippen LogP contribution in [0.1, 0.15) is 17.3 Å². The van der Waals surface area contributed by atoms with Crippen LogP contribution < -0.4 is 5.32 Å². The highest BCUT2D eigenvalue weighted by Crippen LogP contribution is 2.26. The molecular formula is C25H25N5O2S. The molecule has 0 radical (unpaired) electrons. The summed E-state index contributed by atoms with van der Waals surface area (Å²) in [7, 11) is 1.63. The Morgan fingerprint density at radius 1 is 1.09 bits per heavy atom. The molecule has 0 fully saturated rings. The standard InChI is InChI=1S/C25H25N5O2S/c1-4-30-24-19(15-26-30)18(14-21(28-24)17-10-6-5-7-11-17)25(32)29(2)16-23(31)27-20-12-8-9-13-22(20)33-3/h5-15H,4,16H2,1-3H3,(H,27,31). The largest absolute Gasteiger partial charge is 0.332 e. The molecule has 0 bridgehead atoms. The van der Waals surface area contributed by atoms with E-state index in [0.717, 1.165) is 16.1 Å². The van der Waals surface area contributed by atoms with Gasteiger partial charge < -0.3 is 10.2 Å². The molecule has 168 valence electrons. The van der Waals surface area contributed by atoms with Crippen LogP contribution in [0, 0.1) is 0 Å². The molecule has 4 aromatic rings. The van der Waals surface area contributed by atoms with Crippen molar-refractivity contribution >= 4 is 40.3 Å². The third-order valence-electron chi connectivity index (χ3n) is 5.32. The van der Waals surface area contributed by atoms with Crippen molar-refractivity contribution in [2.45, 2.75) is 18.4 Å². The molecule has 0 aliphatic rings. The Labute approximate surface area is 196 Å². The van der Waals surface area contributed by atoms with E-state index in [1.54, 1.807) is 35.8 Å². The molecule has 2 amide bonds. The van der Waals surface area contributed by atoms with Gasteiger partial charge >= 0.3 is 0 Å². The molecule has 1 N–H and O–H groups in total. The third-order valence-corrected chi connectivity index (χ3v) is 6.11. The van der Waals surface area contributed by atoms with E-state index in [9.17, 15) is 9.59 Å². The number of fused-ring (bicyclic) bond motifs is 1. The van der Waals surface area contributed by atoms with Crippen LogP contribution in [0.5, 0.6) is 0 Å². The summed E-state index contributed by atoms with van der Waals surface area (Å²) in [5.74, 6) is -0.520. The molecule has 0 unspecified atom stereocenters. The number of hydrogen-bond acceptors (Lipinski definition) is 5. The summed E-state index contributed by atoms with van der Waals surface area (Å²) in [5, 5.41) is 7.96. The number of hydrogen-bond donors (Lipinski definition) is 1. The van der Waals surface area contributed by atoms with Gasteiger partial charge in [0, 0.05) is 24.1 Å². The number of amides is 2. The lowest BCUT2D eigenvalue weighted by atomic mass is 10.1. The van der Waals surface area contributed by atoms with Gasteiger partial charge in [-0.15, -0.1) is 11.8 Å². The summed E-state index contributed by atoms with van der Waals surface area (Å²) < 4.78 is 1.77. The second kappa shape index (κ2) is 9.87. The van der Waals surface area contributed by atoms with Gasteiger partial charge in [0.1, 0.15) is 0 Å². The average molecular weight is 460 g/mol. The number of likely N-dealkylation sites (N-methyl/N-ethyl adjacent to an activating group) is 1. The van der Waals surface area contributed by atoms with E-state index in [1.165, 1.54) is 4.90 Å². The number of nitrogens with one attached hydrogen (secondary N) is 1. The van der Waals surface area contributed by atoms with Gasteiger partial charge in [-0.05, 0) is 31.4 Å². The second-order valence-electron chi connectivity index (χ2n) is 7.53. The maximum Gasteiger partial charge on any atom is 0.254 e. The van der Waals surface area contributed by atoms with Crippen LogP contribution in [0.2, 0.25) is 0 Å². The highest BCUT2D eigenvalue weighted by atomic mass is 32.2. The quantitative estimate of drug-likeness (QED) is 0.410. The van der Waals surface area contributed by atoms with Crippen LogP contribution in [-0.4, -0.2) is 51.3 Å². The Morgan fingerprint density at radius 2 is 1.82 bits per heavy atom. The summed E-state index contributed by atoms with van der Waals surface area (Å²) in [6.07, 6.45) is 3.62. The number of aromatic nitrogens is 3. The summed E-state index contributed by atoms with van der Waals surface area (Å²) in [6.45, 7) is 2.54. The van der Waals surface area contributed by atoms with E-state index in [4.69, 9.17) is 4.98 Å². The summed E-state index contributed by atoms with van der Waals surface area (Å²) >= 11 is 1.55. The van der Waals surface area contributed by atoms with Gasteiger partial charge in [0.15, 0.2) is 5.65 Å². The molecule has 8 heteroatoms. The van der Waals surface area contributed by atoms with Gasteiger partial charge in [-0.3, -0.25) is 9.59 Å². The number of carbonyl (C=O) groups excluding carboxylic acids is 2. The summed E-state index contributed by atoms with van der Waals surface area (Å²) in [6, 6.07) is 19.1. The van der Waals surface area contributed by atoms with Crippen molar-refractivity contribution < 1.29 is 9.59 Å². The molecule has 0 spiro atoms. The molecular weight excluding hydrogens is 434 g/mol. The van der Waals surface area contributed by atoms with Crippen LogP contribution in [0.3, 0.4) is 0 Å². The Bertz CT molecular complexity index is 1300. The maximum atomic E-state index is 13.4. The van der Waals surface area contributed by atoms with Crippen molar-refractivity contribution in [3.63, 3.8) is 0 Å². The van der Waals surface area contributed by atoms with Gasteiger partial charge in [-0.25, -0.2) is 9.67 Å². The minimum absolute atomic E-state index is 0.0754. The van der Waals surface area contributed by atoms with Gasteiger partial charge in [0.25, 0.3) is 5.91 Å². The number of anilines is 1. The van der Waals surface area contributed by atoms with Gasteiger partial charge in [0.05, 0.1) is 35.1 Å². The van der Waals surface area contributed by atoms with E-state index in [2.05, 4.69) is 10.4 Å². The smallest absolute Gasteiger partial charge is 0.254 e. The molecule has 33 heavy (non-hydrogen) atoms. The molecule has 4 rings (SSSR count). The molecule has 0 saturated heterocycles. The predicted octanol–water partition coefficient (Wildman–Crippen LogP) is 4.55. The lowest BCUT2D eigenvalue weighted by Crippen LogP contribution is -2.35. The topological polar surface area (TPSA) is 80.1 Å². The molecule has 0 aliphatic heterocycles. The molecule has 2 aromatic heterocycles. The SMILES string of the molecule is CCn1ncc2c(C(=O)N(C)CC(=O)Nc3ccccc3SC)cc(-c3ccccc3)nc21. The first-order chi connectivity index (χ1) is 16.0. The highest BCUT2D eigenvalue weighted by Gasteiger charge is 2.21. The first-order valence-electron chi connectivity index (χ1n) is 10.6. The highest BCUT2D eigenvalue weighted by molar-refractivity contribution is 7.98. The lowest BCUT2D eigenvalue weighted by Gasteiger charge is -2.18. The number of aryl methyl sites for hydroxylation is 1. The van der Waals surface area contributed by atoms with Crippen molar-refractivity contribution in [3.05, 3.63) is 72.4 Å². The number of rotatable bonds is 7. The first kappa shape index (κ1) is 22.5. The van der Waals surface area contributed by atoms with Crippen LogP contribution >= 0.6 is 11.8 Å². The van der Waals surface area contributed by atoms with Crippen molar-refractivity contribution in [2.24, 2.45) is 0 Å². The minimum Gasteiger partial charge on any atom is -0.332 e. The number of nitrogens with zero attached hydrogens (tertiary/aromatic N) is 4. The molecule has 2 aromatic carbocycles. The second-order valence-corrected chi connectivity index (χ2v) is 8.38. The van der Waals surface area contributed by atoms with Crippen LogP contribution in [0.25, 0.3) is 22.3 Å². The number of pyridine rings is 1. The monoisotopic (exact) mass is 459 g/mol. The van der Waals surface area contributed by atoms with Crippen LogP contribution in [0.4, 0.5) is 5.69 Å². The van der Waals surface area contributed by atoms with E-state index >= 15 is 0 Å². The minimum atomic E-state index is -0.261. The van der Waals surface area contributed by atoms with E-state index in [1.807, 2.05) is 67.8 Å². The fourth-order valence-electron chi connectivity index (χ4n) is 3.64. The van der Waals surface area contributed by atoms with Gasteiger partial charge in [0.2, 0.25) is 5.91 Å². The number of carbonyl (C=O) groups is 2. The van der Waals surface area contributed by atoms with Crippen molar-refractivity contribution in [3.8, 4) is 11.3 Å². The average Bonchev–Trinajstić information content (AvgIpc) is 3.27. The van der Waals surface area contributed by atoms with Gasteiger partial charge in [-0.1, -0.05) is 42.5 Å². The summed E-state index contributed by atoms with van der Waals surface area (Å²) in [5.41, 5.74) is 3.45. The maximum absolute atomic E-state index is 13.4. The van der Waals surface area contributed by atoms with E-state index < -0.39 is 0 Å². The molecule has 0 saturated carbocycles. The number of para-hydroxylation sites is 1. The van der Waals surface area contributed by atoms with Crippen LogP contribution in [-0.2, 0) is 11.3 Å². The van der Waals surface area contributed by atoms with E-state index in [0.29, 0.717) is 28.8 Å². The third kappa shape index (κ3) is 4.75.